The standard InChI is InChI=1S/C18H17F3N2O3S/c1-12-10-14-4-2-3-5-16(14)23(12)27(25,26)15-8-6-13(7-9-15)17(24)22-11-18(19,20)21/h2-9,12H,10-11H2,1H3,(H,22,24). The van der Waals surface area contributed by atoms with Crippen molar-refractivity contribution in [1.82, 2.24) is 5.32 Å². The molecule has 1 unspecified atom stereocenters. The predicted molar refractivity (Wildman–Crippen MR) is 94.1 cm³/mol. The molecule has 144 valence electrons. The van der Waals surface area contributed by atoms with Crippen LogP contribution in [0.2, 0.25) is 0 Å². The summed E-state index contributed by atoms with van der Waals surface area (Å²) >= 11 is 0. The van der Waals surface area contributed by atoms with Crippen LogP contribution >= 0.6 is 0 Å². The van der Waals surface area contributed by atoms with Crippen LogP contribution in [0.25, 0.3) is 0 Å². The summed E-state index contributed by atoms with van der Waals surface area (Å²) in [4.78, 5) is 11.7. The fourth-order valence-electron chi connectivity index (χ4n) is 3.08. The third kappa shape index (κ3) is 3.92. The lowest BCUT2D eigenvalue weighted by molar-refractivity contribution is -0.123. The second-order valence-electron chi connectivity index (χ2n) is 6.30. The van der Waals surface area contributed by atoms with Crippen molar-refractivity contribution in [2.24, 2.45) is 0 Å². The van der Waals surface area contributed by atoms with Gasteiger partial charge in [0, 0.05) is 11.6 Å². The van der Waals surface area contributed by atoms with E-state index in [9.17, 15) is 26.4 Å². The zero-order chi connectivity index (χ0) is 19.8. The van der Waals surface area contributed by atoms with Crippen molar-refractivity contribution in [3.05, 3.63) is 59.7 Å². The van der Waals surface area contributed by atoms with E-state index in [0.717, 1.165) is 5.56 Å². The van der Waals surface area contributed by atoms with Gasteiger partial charge < -0.3 is 5.32 Å². The highest BCUT2D eigenvalue weighted by molar-refractivity contribution is 7.92. The van der Waals surface area contributed by atoms with Gasteiger partial charge in [-0.15, -0.1) is 0 Å². The Hall–Kier alpha value is -2.55. The number of carbonyl (C=O) groups is 1. The number of benzene rings is 2. The number of fused-ring (bicyclic) bond motifs is 1. The van der Waals surface area contributed by atoms with E-state index in [1.807, 2.05) is 12.1 Å². The van der Waals surface area contributed by atoms with Crippen LogP contribution in [0.3, 0.4) is 0 Å². The molecule has 0 saturated heterocycles. The molecule has 1 amide bonds. The topological polar surface area (TPSA) is 66.5 Å². The van der Waals surface area contributed by atoms with E-state index in [-0.39, 0.29) is 16.5 Å². The van der Waals surface area contributed by atoms with E-state index in [1.165, 1.54) is 28.6 Å². The Labute approximate surface area is 154 Å². The van der Waals surface area contributed by atoms with E-state index < -0.39 is 28.7 Å². The Balaban J connectivity index is 1.83. The van der Waals surface area contributed by atoms with Crippen molar-refractivity contribution in [1.29, 1.82) is 0 Å². The summed E-state index contributed by atoms with van der Waals surface area (Å²) in [5.74, 6) is -0.920. The molecule has 1 atom stereocenters. The van der Waals surface area contributed by atoms with Gasteiger partial charge in [0.2, 0.25) is 0 Å². The minimum absolute atomic E-state index is 0.0292. The van der Waals surface area contributed by atoms with Crippen molar-refractivity contribution >= 4 is 21.6 Å². The molecular weight excluding hydrogens is 381 g/mol. The predicted octanol–water partition coefficient (Wildman–Crippen LogP) is 3.12. The van der Waals surface area contributed by atoms with Gasteiger partial charge >= 0.3 is 6.18 Å². The number of nitrogens with zero attached hydrogens (tertiary/aromatic N) is 1. The number of halogens is 3. The van der Waals surface area contributed by atoms with E-state index in [1.54, 1.807) is 24.4 Å². The molecule has 0 fully saturated rings. The smallest absolute Gasteiger partial charge is 0.343 e. The monoisotopic (exact) mass is 398 g/mol. The first-order chi connectivity index (χ1) is 12.6. The summed E-state index contributed by atoms with van der Waals surface area (Å²) in [5.41, 5.74) is 1.49. The Bertz CT molecular complexity index is 957. The third-order valence-electron chi connectivity index (χ3n) is 4.27. The average molecular weight is 398 g/mol. The summed E-state index contributed by atoms with van der Waals surface area (Å²) in [5, 5.41) is 1.75. The molecule has 1 N–H and O–H groups in total. The van der Waals surface area contributed by atoms with Crippen LogP contribution in [0, 0.1) is 0 Å². The minimum Gasteiger partial charge on any atom is -0.343 e. The summed E-state index contributed by atoms with van der Waals surface area (Å²) in [6, 6.07) is 11.8. The van der Waals surface area contributed by atoms with E-state index in [0.29, 0.717) is 12.1 Å². The van der Waals surface area contributed by atoms with E-state index in [4.69, 9.17) is 0 Å². The SMILES string of the molecule is CC1Cc2ccccc2N1S(=O)(=O)c1ccc(C(=O)NCC(F)(F)F)cc1. The van der Waals surface area contributed by atoms with E-state index in [2.05, 4.69) is 0 Å². The molecular formula is C18H17F3N2O3S. The minimum atomic E-state index is -4.52. The lowest BCUT2D eigenvalue weighted by Crippen LogP contribution is -2.36. The number of hydrogen-bond donors (Lipinski definition) is 1. The van der Waals surface area contributed by atoms with Crippen molar-refractivity contribution in [2.75, 3.05) is 10.8 Å². The molecule has 1 aliphatic heterocycles. The summed E-state index contributed by atoms with van der Waals surface area (Å²) in [6.07, 6.45) is -3.93. The normalized spacial score (nSPS) is 16.9. The molecule has 0 aliphatic carbocycles. The molecule has 0 bridgehead atoms. The zero-order valence-electron chi connectivity index (χ0n) is 14.3. The number of sulfonamides is 1. The summed E-state index contributed by atoms with van der Waals surface area (Å²) in [6.45, 7) is 0.352. The van der Waals surface area contributed by atoms with Crippen LogP contribution in [0.1, 0.15) is 22.8 Å². The fourth-order valence-corrected chi connectivity index (χ4v) is 4.77. The van der Waals surface area contributed by atoms with Crippen LogP contribution in [-0.4, -0.2) is 33.1 Å². The van der Waals surface area contributed by atoms with Gasteiger partial charge in [-0.05, 0) is 49.2 Å². The zero-order valence-corrected chi connectivity index (χ0v) is 15.1. The van der Waals surface area contributed by atoms with Crippen molar-refractivity contribution in [3.8, 4) is 0 Å². The lowest BCUT2D eigenvalue weighted by atomic mass is 10.1. The van der Waals surface area contributed by atoms with Crippen LogP contribution in [0.4, 0.5) is 18.9 Å². The molecule has 1 aliphatic rings. The molecule has 3 rings (SSSR count). The Morgan fingerprint density at radius 1 is 1.15 bits per heavy atom. The number of nitrogens with one attached hydrogen (secondary N) is 1. The first kappa shape index (κ1) is 19.2. The van der Waals surface area contributed by atoms with Gasteiger partial charge in [-0.2, -0.15) is 13.2 Å². The average Bonchev–Trinajstić information content (AvgIpc) is 2.95. The molecule has 0 radical (unpaired) electrons. The first-order valence-electron chi connectivity index (χ1n) is 8.17. The van der Waals surface area contributed by atoms with Crippen molar-refractivity contribution < 1.29 is 26.4 Å². The number of carbonyl (C=O) groups excluding carboxylic acids is 1. The molecule has 1 heterocycles. The van der Waals surface area contributed by atoms with Gasteiger partial charge in [0.1, 0.15) is 6.54 Å². The van der Waals surface area contributed by atoms with Gasteiger partial charge in [-0.1, -0.05) is 18.2 Å². The highest BCUT2D eigenvalue weighted by Gasteiger charge is 2.36. The highest BCUT2D eigenvalue weighted by atomic mass is 32.2. The van der Waals surface area contributed by atoms with Crippen LogP contribution in [0.15, 0.2) is 53.4 Å². The number of alkyl halides is 3. The second-order valence-corrected chi connectivity index (χ2v) is 8.12. The molecule has 0 saturated carbocycles. The van der Waals surface area contributed by atoms with Crippen molar-refractivity contribution in [3.63, 3.8) is 0 Å². The number of para-hydroxylation sites is 1. The summed E-state index contributed by atoms with van der Waals surface area (Å²) in [7, 11) is -3.86. The number of hydrogen-bond acceptors (Lipinski definition) is 3. The number of amides is 1. The quantitative estimate of drug-likeness (QED) is 0.861. The molecule has 0 aromatic heterocycles. The third-order valence-corrected chi connectivity index (χ3v) is 6.21. The van der Waals surface area contributed by atoms with Crippen LogP contribution in [0.5, 0.6) is 0 Å². The largest absolute Gasteiger partial charge is 0.405 e. The number of anilines is 1. The second kappa shape index (κ2) is 6.88. The van der Waals surface area contributed by atoms with Gasteiger partial charge in [0.25, 0.3) is 15.9 Å². The molecule has 9 heteroatoms. The molecule has 5 nitrogen and oxygen atoms in total. The molecule has 27 heavy (non-hydrogen) atoms. The first-order valence-corrected chi connectivity index (χ1v) is 9.61. The number of rotatable bonds is 4. The Morgan fingerprint density at radius 2 is 1.78 bits per heavy atom. The maximum atomic E-state index is 13.0. The van der Waals surface area contributed by atoms with E-state index >= 15 is 0 Å². The fraction of sp³-hybridized carbons (Fsp3) is 0.278. The molecule has 2 aromatic carbocycles. The van der Waals surface area contributed by atoms with Gasteiger partial charge in [-0.25, -0.2) is 8.42 Å². The maximum Gasteiger partial charge on any atom is 0.405 e. The molecule has 0 spiro atoms. The van der Waals surface area contributed by atoms with Crippen LogP contribution in [-0.2, 0) is 16.4 Å². The lowest BCUT2D eigenvalue weighted by Gasteiger charge is -2.24. The Morgan fingerprint density at radius 3 is 2.41 bits per heavy atom. The van der Waals surface area contributed by atoms with Crippen molar-refractivity contribution in [2.45, 2.75) is 30.5 Å². The highest BCUT2D eigenvalue weighted by Crippen LogP contribution is 2.36. The Kier molecular flexibility index (Phi) is 4.90. The van der Waals surface area contributed by atoms with Gasteiger partial charge in [0.05, 0.1) is 10.6 Å². The van der Waals surface area contributed by atoms with Gasteiger partial charge in [-0.3, -0.25) is 9.10 Å². The van der Waals surface area contributed by atoms with Gasteiger partial charge in [0.15, 0.2) is 0 Å². The summed E-state index contributed by atoms with van der Waals surface area (Å²) < 4.78 is 63.9. The van der Waals surface area contributed by atoms with Crippen LogP contribution < -0.4 is 9.62 Å². The molecule has 2 aromatic rings. The maximum absolute atomic E-state index is 13.0.